The van der Waals surface area contributed by atoms with Crippen molar-refractivity contribution in [1.82, 2.24) is 24.8 Å². The highest BCUT2D eigenvalue weighted by Gasteiger charge is 2.27. The molecule has 0 saturated carbocycles. The molecule has 4 atom stereocenters. The molecule has 4 unspecified atom stereocenters. The highest BCUT2D eigenvalue weighted by Crippen LogP contribution is 2.23. The molecule has 9 heteroatoms. The second-order valence-electron chi connectivity index (χ2n) is 11.2. The average Bonchev–Trinajstić information content (AvgIpc) is 2.97. The van der Waals surface area contributed by atoms with E-state index in [2.05, 4.69) is 69.3 Å². The van der Waals surface area contributed by atoms with Crippen molar-refractivity contribution in [3.05, 3.63) is 60.4 Å². The minimum atomic E-state index is 0.0564. The largest absolute Gasteiger partial charge is 0.394 e. The van der Waals surface area contributed by atoms with Crippen molar-refractivity contribution in [3.63, 3.8) is 0 Å². The van der Waals surface area contributed by atoms with E-state index < -0.39 is 0 Å². The first-order chi connectivity index (χ1) is 19.6. The highest BCUT2D eigenvalue weighted by atomic mass is 16.5. The number of aromatic nitrogens is 3. The fourth-order valence-electron chi connectivity index (χ4n) is 5.60. The van der Waals surface area contributed by atoms with Crippen molar-refractivity contribution in [2.75, 3.05) is 69.8 Å². The number of nitrogens with one attached hydrogen (secondary N) is 1. The molecule has 214 valence electrons. The summed E-state index contributed by atoms with van der Waals surface area (Å²) in [5.41, 5.74) is 4.00. The summed E-state index contributed by atoms with van der Waals surface area (Å²) in [6.45, 7) is 9.44. The first-order valence-corrected chi connectivity index (χ1v) is 14.6. The van der Waals surface area contributed by atoms with Gasteiger partial charge in [-0.2, -0.15) is 0 Å². The van der Waals surface area contributed by atoms with Gasteiger partial charge < -0.3 is 25.0 Å². The van der Waals surface area contributed by atoms with Gasteiger partial charge in [-0.25, -0.2) is 15.0 Å². The minimum Gasteiger partial charge on any atom is -0.394 e. The summed E-state index contributed by atoms with van der Waals surface area (Å²) in [6, 6.07) is 14.9. The van der Waals surface area contributed by atoms with Gasteiger partial charge in [0.05, 0.1) is 25.5 Å². The minimum absolute atomic E-state index is 0.0564. The van der Waals surface area contributed by atoms with E-state index in [1.807, 2.05) is 18.3 Å². The topological polar surface area (TPSA) is 89.9 Å². The van der Waals surface area contributed by atoms with E-state index >= 15 is 0 Å². The molecular formula is C31H43N7O2. The van der Waals surface area contributed by atoms with E-state index in [1.165, 1.54) is 18.4 Å². The number of nitrogens with zero attached hydrogens (tertiary/aromatic N) is 6. The van der Waals surface area contributed by atoms with Crippen LogP contribution >= 0.6 is 0 Å². The van der Waals surface area contributed by atoms with Gasteiger partial charge in [-0.05, 0) is 67.6 Å². The first-order valence-electron chi connectivity index (χ1n) is 14.6. The molecule has 9 nitrogen and oxygen atoms in total. The quantitative estimate of drug-likeness (QED) is 0.472. The number of hydrogen-bond donors (Lipinski definition) is 2. The maximum Gasteiger partial charge on any atom is 0.227 e. The van der Waals surface area contributed by atoms with Crippen molar-refractivity contribution in [3.8, 4) is 11.3 Å². The maximum absolute atomic E-state index is 9.25. The SMILES string of the molecule is CC1CCCN(C)c2ccc(cn2)-c2ccnc(n2)Nc2cccc(c2)CN2CCN(CC1)CC2COCCO. The normalized spacial score (nSPS) is 24.0. The van der Waals surface area contributed by atoms with Gasteiger partial charge in [-0.3, -0.25) is 4.90 Å². The molecule has 0 amide bonds. The van der Waals surface area contributed by atoms with E-state index in [1.54, 1.807) is 6.20 Å². The van der Waals surface area contributed by atoms with Crippen LogP contribution in [-0.2, 0) is 11.3 Å². The van der Waals surface area contributed by atoms with Crippen LogP contribution in [0.2, 0.25) is 0 Å². The number of rotatable bonds is 4. The van der Waals surface area contributed by atoms with Gasteiger partial charge in [0.1, 0.15) is 5.82 Å². The zero-order valence-corrected chi connectivity index (χ0v) is 23.9. The molecule has 2 N–H and O–H groups in total. The number of piperazine rings is 1. The third-order valence-electron chi connectivity index (χ3n) is 8.02. The molecule has 2 aromatic heterocycles. The maximum atomic E-state index is 9.25. The monoisotopic (exact) mass is 545 g/mol. The summed E-state index contributed by atoms with van der Waals surface area (Å²) in [5.74, 6) is 2.22. The molecular weight excluding hydrogens is 502 g/mol. The molecule has 0 radical (unpaired) electrons. The Balaban J connectivity index is 1.38. The lowest BCUT2D eigenvalue weighted by Gasteiger charge is -2.41. The second kappa shape index (κ2) is 14.0. The third-order valence-corrected chi connectivity index (χ3v) is 8.02. The lowest BCUT2D eigenvalue weighted by Crippen LogP contribution is -2.54. The first kappa shape index (κ1) is 28.4. The highest BCUT2D eigenvalue weighted by molar-refractivity contribution is 5.62. The molecule has 1 aromatic carbocycles. The Hall–Kier alpha value is -3.11. The summed E-state index contributed by atoms with van der Waals surface area (Å²) in [6.07, 6.45) is 7.24. The van der Waals surface area contributed by atoms with E-state index in [0.717, 1.165) is 68.5 Å². The van der Waals surface area contributed by atoms with Gasteiger partial charge in [0.15, 0.2) is 0 Å². The Kier molecular flexibility index (Phi) is 9.94. The van der Waals surface area contributed by atoms with Crippen LogP contribution in [-0.4, -0.2) is 95.5 Å². The molecule has 0 spiro atoms. The van der Waals surface area contributed by atoms with Gasteiger partial charge in [0, 0.05) is 69.5 Å². The molecule has 1 fully saturated rings. The molecule has 5 aliphatic rings. The van der Waals surface area contributed by atoms with Gasteiger partial charge in [0.2, 0.25) is 5.95 Å². The van der Waals surface area contributed by atoms with Crippen LogP contribution in [0.25, 0.3) is 11.3 Å². The predicted octanol–water partition coefficient (Wildman–Crippen LogP) is 4.03. The number of benzene rings is 1. The van der Waals surface area contributed by atoms with Crippen LogP contribution in [0.15, 0.2) is 54.9 Å². The van der Waals surface area contributed by atoms with Gasteiger partial charge in [-0.1, -0.05) is 19.1 Å². The summed E-state index contributed by atoms with van der Waals surface area (Å²) in [4.78, 5) is 21.3. The van der Waals surface area contributed by atoms with Gasteiger partial charge in [0.25, 0.3) is 0 Å². The molecule has 1 saturated heterocycles. The molecule has 8 bridgehead atoms. The van der Waals surface area contributed by atoms with E-state index in [-0.39, 0.29) is 6.61 Å². The fourth-order valence-corrected chi connectivity index (χ4v) is 5.60. The van der Waals surface area contributed by atoms with Gasteiger partial charge in [-0.15, -0.1) is 0 Å². The summed E-state index contributed by atoms with van der Waals surface area (Å²) in [5, 5.41) is 12.6. The predicted molar refractivity (Wildman–Crippen MR) is 160 cm³/mol. The van der Waals surface area contributed by atoms with Crippen molar-refractivity contribution in [2.24, 2.45) is 5.92 Å². The Labute approximate surface area is 238 Å². The lowest BCUT2D eigenvalue weighted by molar-refractivity contribution is -0.00383. The molecule has 0 aliphatic carbocycles. The summed E-state index contributed by atoms with van der Waals surface area (Å²) < 4.78 is 5.83. The van der Waals surface area contributed by atoms with Crippen molar-refractivity contribution in [1.29, 1.82) is 0 Å². The number of aliphatic hydroxyl groups is 1. The molecule has 8 rings (SSSR count). The van der Waals surface area contributed by atoms with Crippen LogP contribution in [0, 0.1) is 5.92 Å². The number of aliphatic hydroxyl groups excluding tert-OH is 1. The van der Waals surface area contributed by atoms with Gasteiger partial charge >= 0.3 is 0 Å². The lowest BCUT2D eigenvalue weighted by atomic mass is 10.0. The van der Waals surface area contributed by atoms with E-state index in [0.29, 0.717) is 31.1 Å². The zero-order valence-electron chi connectivity index (χ0n) is 23.9. The standard InChI is InChI=1S/C31H43N7O2/c1-24-5-4-13-36(2)30-9-8-26(20-33-30)29-10-12-32-31(35-29)34-27-7-3-6-25(19-27)21-38-16-15-37(14-11-24)22-28(38)23-40-18-17-39/h3,6-10,12,19-20,24,28,39H,4-5,11,13-18,21-23H2,1-2H3,(H,32,34,35). The number of ether oxygens (including phenoxy) is 1. The fraction of sp³-hybridized carbons (Fsp3) is 0.516. The Bertz CT molecular complexity index is 1210. The summed E-state index contributed by atoms with van der Waals surface area (Å²) in [7, 11) is 2.12. The molecule has 40 heavy (non-hydrogen) atoms. The average molecular weight is 546 g/mol. The second-order valence-corrected chi connectivity index (χ2v) is 11.2. The Morgan fingerprint density at radius 1 is 1.05 bits per heavy atom. The number of anilines is 3. The van der Waals surface area contributed by atoms with Crippen molar-refractivity contribution in [2.45, 2.75) is 38.8 Å². The molecule has 3 aromatic rings. The Morgan fingerprint density at radius 3 is 2.83 bits per heavy atom. The van der Waals surface area contributed by atoms with Crippen LogP contribution < -0.4 is 10.2 Å². The molecule has 5 aliphatic heterocycles. The Morgan fingerprint density at radius 2 is 1.98 bits per heavy atom. The van der Waals surface area contributed by atoms with Crippen LogP contribution in [0.3, 0.4) is 0 Å². The number of hydrogen-bond acceptors (Lipinski definition) is 9. The van der Waals surface area contributed by atoms with Crippen molar-refractivity contribution >= 4 is 17.5 Å². The summed E-state index contributed by atoms with van der Waals surface area (Å²) >= 11 is 0. The van der Waals surface area contributed by atoms with E-state index in [4.69, 9.17) is 14.7 Å². The van der Waals surface area contributed by atoms with Crippen LogP contribution in [0.1, 0.15) is 31.7 Å². The van der Waals surface area contributed by atoms with Crippen LogP contribution in [0.5, 0.6) is 0 Å². The molecule has 7 heterocycles. The van der Waals surface area contributed by atoms with Crippen molar-refractivity contribution < 1.29 is 9.84 Å². The zero-order chi connectivity index (χ0) is 27.7. The third kappa shape index (κ3) is 7.75. The smallest absolute Gasteiger partial charge is 0.227 e. The van der Waals surface area contributed by atoms with Crippen LogP contribution in [0.4, 0.5) is 17.5 Å². The van der Waals surface area contributed by atoms with E-state index in [9.17, 15) is 5.11 Å². The number of pyridine rings is 1.